The van der Waals surface area contributed by atoms with Crippen LogP contribution < -0.4 is 10.3 Å². The third kappa shape index (κ3) is 5.66. The van der Waals surface area contributed by atoms with Crippen molar-refractivity contribution in [2.24, 2.45) is 5.10 Å². The van der Waals surface area contributed by atoms with E-state index < -0.39 is 0 Å². The standard InChI is InChI=1S/C26H21Br2ClFN3O2/c1-3-15(2)25-32-23-9-8-18(27)12-19(23)26(34)33(25)31-13-16-10-20(28)24(21(29)11-16)35-14-17-6-4-5-7-22(17)30/h4-13,15H,3,14H2,1-2H3/t15-/m1/s1. The van der Waals surface area contributed by atoms with Gasteiger partial charge in [0.2, 0.25) is 0 Å². The highest BCUT2D eigenvalue weighted by molar-refractivity contribution is 9.10. The van der Waals surface area contributed by atoms with Crippen LogP contribution in [0, 0.1) is 5.82 Å². The van der Waals surface area contributed by atoms with Crippen molar-refractivity contribution in [1.29, 1.82) is 0 Å². The van der Waals surface area contributed by atoms with Crippen LogP contribution in [-0.2, 0) is 6.61 Å². The molecule has 4 aromatic rings. The Morgan fingerprint density at radius 3 is 2.69 bits per heavy atom. The van der Waals surface area contributed by atoms with Gasteiger partial charge in [0.25, 0.3) is 5.56 Å². The molecule has 0 aliphatic heterocycles. The molecule has 0 bridgehead atoms. The Balaban J connectivity index is 1.68. The lowest BCUT2D eigenvalue weighted by Gasteiger charge is -2.14. The van der Waals surface area contributed by atoms with E-state index in [1.165, 1.54) is 10.7 Å². The minimum absolute atomic E-state index is 0.0254. The highest BCUT2D eigenvalue weighted by atomic mass is 79.9. The maximum atomic E-state index is 13.9. The Kier molecular flexibility index (Phi) is 8.04. The number of rotatable bonds is 7. The van der Waals surface area contributed by atoms with E-state index in [9.17, 15) is 9.18 Å². The molecular weight excluding hydrogens is 601 g/mol. The summed E-state index contributed by atoms with van der Waals surface area (Å²) in [4.78, 5) is 18.0. The van der Waals surface area contributed by atoms with Gasteiger partial charge in [-0.05, 0) is 64.3 Å². The molecule has 0 aliphatic rings. The van der Waals surface area contributed by atoms with Crippen molar-refractivity contribution in [3.63, 3.8) is 0 Å². The van der Waals surface area contributed by atoms with Crippen LogP contribution >= 0.6 is 43.5 Å². The van der Waals surface area contributed by atoms with Crippen molar-refractivity contribution >= 4 is 60.6 Å². The van der Waals surface area contributed by atoms with Crippen LogP contribution in [0.2, 0.25) is 5.02 Å². The fraction of sp³-hybridized carbons (Fsp3) is 0.192. The fourth-order valence-corrected chi connectivity index (χ4v) is 4.81. The van der Waals surface area contributed by atoms with Crippen LogP contribution in [0.1, 0.15) is 43.1 Å². The van der Waals surface area contributed by atoms with Gasteiger partial charge < -0.3 is 4.74 Å². The molecule has 1 heterocycles. The van der Waals surface area contributed by atoms with Gasteiger partial charge in [0.05, 0.1) is 26.6 Å². The van der Waals surface area contributed by atoms with Gasteiger partial charge in [-0.25, -0.2) is 9.37 Å². The second kappa shape index (κ2) is 11.0. The average molecular weight is 622 g/mol. The number of aromatic nitrogens is 2. The van der Waals surface area contributed by atoms with Gasteiger partial charge in [-0.3, -0.25) is 4.79 Å². The molecule has 4 rings (SSSR count). The predicted molar refractivity (Wildman–Crippen MR) is 145 cm³/mol. The Bertz CT molecular complexity index is 1470. The normalized spacial score (nSPS) is 12.4. The van der Waals surface area contributed by atoms with Crippen LogP contribution in [0.25, 0.3) is 10.9 Å². The van der Waals surface area contributed by atoms with Crippen molar-refractivity contribution in [3.05, 3.63) is 102 Å². The molecule has 0 radical (unpaired) electrons. The minimum Gasteiger partial charge on any atom is -0.486 e. The lowest BCUT2D eigenvalue weighted by Crippen LogP contribution is -2.23. The highest BCUT2D eigenvalue weighted by Crippen LogP contribution is 2.35. The third-order valence-electron chi connectivity index (χ3n) is 5.56. The Labute approximate surface area is 223 Å². The van der Waals surface area contributed by atoms with Crippen molar-refractivity contribution in [2.75, 3.05) is 0 Å². The third-order valence-corrected chi connectivity index (χ3v) is 6.92. The van der Waals surface area contributed by atoms with Gasteiger partial charge in [0.1, 0.15) is 18.2 Å². The lowest BCUT2D eigenvalue weighted by molar-refractivity contribution is 0.298. The van der Waals surface area contributed by atoms with E-state index in [0.717, 1.165) is 10.9 Å². The molecule has 0 N–H and O–H groups in total. The van der Waals surface area contributed by atoms with E-state index in [2.05, 4.69) is 37.0 Å². The maximum absolute atomic E-state index is 13.9. The van der Waals surface area contributed by atoms with Crippen LogP contribution in [0.5, 0.6) is 5.75 Å². The molecule has 180 valence electrons. The number of benzene rings is 3. The molecule has 0 saturated carbocycles. The zero-order valence-electron chi connectivity index (χ0n) is 18.9. The fourth-order valence-electron chi connectivity index (χ4n) is 3.46. The second-order valence-electron chi connectivity index (χ2n) is 8.00. The molecule has 1 aromatic heterocycles. The Hall–Kier alpha value is -2.55. The molecule has 0 fully saturated rings. The summed E-state index contributed by atoms with van der Waals surface area (Å²) in [7, 11) is 0. The first-order valence-corrected chi connectivity index (χ1v) is 12.9. The zero-order chi connectivity index (χ0) is 25.1. The molecular formula is C26H21Br2ClFN3O2. The smallest absolute Gasteiger partial charge is 0.282 e. The maximum Gasteiger partial charge on any atom is 0.282 e. The van der Waals surface area contributed by atoms with Crippen molar-refractivity contribution in [3.8, 4) is 5.75 Å². The quantitative estimate of drug-likeness (QED) is 0.199. The molecule has 9 heteroatoms. The average Bonchev–Trinajstić information content (AvgIpc) is 2.83. The molecule has 3 aromatic carbocycles. The molecule has 0 unspecified atom stereocenters. The predicted octanol–water partition coefficient (Wildman–Crippen LogP) is 7.69. The van der Waals surface area contributed by atoms with Gasteiger partial charge in [-0.1, -0.05) is 59.6 Å². The first-order valence-electron chi connectivity index (χ1n) is 10.9. The summed E-state index contributed by atoms with van der Waals surface area (Å²) in [5.41, 5.74) is 1.45. The Morgan fingerprint density at radius 1 is 1.20 bits per heavy atom. The first kappa shape index (κ1) is 25.5. The van der Waals surface area contributed by atoms with Crippen molar-refractivity contribution < 1.29 is 9.13 Å². The van der Waals surface area contributed by atoms with Gasteiger partial charge >= 0.3 is 0 Å². The van der Waals surface area contributed by atoms with Gasteiger partial charge in [0.15, 0.2) is 5.75 Å². The zero-order valence-corrected chi connectivity index (χ0v) is 22.9. The molecule has 5 nitrogen and oxygen atoms in total. The summed E-state index contributed by atoms with van der Waals surface area (Å²) in [5.74, 6) is 0.653. The number of fused-ring (bicyclic) bond motifs is 1. The van der Waals surface area contributed by atoms with Crippen LogP contribution in [0.15, 0.2) is 73.4 Å². The lowest BCUT2D eigenvalue weighted by atomic mass is 10.1. The Morgan fingerprint density at radius 2 is 1.97 bits per heavy atom. The van der Waals surface area contributed by atoms with Crippen LogP contribution in [-0.4, -0.2) is 15.9 Å². The minimum atomic E-state index is -0.345. The van der Waals surface area contributed by atoms with Crippen molar-refractivity contribution in [1.82, 2.24) is 9.66 Å². The molecule has 0 saturated heterocycles. The first-order chi connectivity index (χ1) is 16.8. The largest absolute Gasteiger partial charge is 0.486 e. The van der Waals surface area contributed by atoms with Crippen LogP contribution in [0.4, 0.5) is 4.39 Å². The van der Waals surface area contributed by atoms with E-state index in [1.54, 1.807) is 42.6 Å². The van der Waals surface area contributed by atoms with E-state index in [-0.39, 0.29) is 23.9 Å². The van der Waals surface area contributed by atoms with Crippen molar-refractivity contribution in [2.45, 2.75) is 32.8 Å². The van der Waals surface area contributed by atoms with Gasteiger partial charge in [-0.15, -0.1) is 0 Å². The second-order valence-corrected chi connectivity index (χ2v) is 10.2. The highest BCUT2D eigenvalue weighted by Gasteiger charge is 2.16. The topological polar surface area (TPSA) is 56.5 Å². The monoisotopic (exact) mass is 619 g/mol. The summed E-state index contributed by atoms with van der Waals surface area (Å²) in [6.07, 6.45) is 2.35. The van der Waals surface area contributed by atoms with Gasteiger partial charge in [0, 0.05) is 16.0 Å². The molecule has 0 aliphatic carbocycles. The van der Waals surface area contributed by atoms with Gasteiger partial charge in [-0.2, -0.15) is 9.78 Å². The van der Waals surface area contributed by atoms with E-state index in [0.29, 0.717) is 43.1 Å². The number of halogens is 4. The number of nitrogens with zero attached hydrogens (tertiary/aromatic N) is 3. The summed E-state index contributed by atoms with van der Waals surface area (Å²) in [6, 6.07) is 15.3. The molecule has 0 amide bonds. The molecule has 1 atom stereocenters. The SMILES string of the molecule is CC[C@@H](C)c1nc2ccc(Br)cc2c(=O)n1N=Cc1cc(Cl)c(OCc2ccccc2F)c(Br)c1. The number of hydrogen-bond donors (Lipinski definition) is 0. The summed E-state index contributed by atoms with van der Waals surface area (Å²) >= 11 is 13.3. The summed E-state index contributed by atoms with van der Waals surface area (Å²) < 4.78 is 22.4. The number of ether oxygens (including phenoxy) is 1. The van der Waals surface area contributed by atoms with E-state index >= 15 is 0 Å². The summed E-state index contributed by atoms with van der Waals surface area (Å²) in [6.45, 7) is 4.08. The van der Waals surface area contributed by atoms with E-state index in [4.69, 9.17) is 21.3 Å². The molecule has 35 heavy (non-hydrogen) atoms. The van der Waals surface area contributed by atoms with Crippen LogP contribution in [0.3, 0.4) is 0 Å². The van der Waals surface area contributed by atoms with E-state index in [1.807, 2.05) is 26.0 Å². The summed E-state index contributed by atoms with van der Waals surface area (Å²) in [5, 5.41) is 5.27. The molecule has 0 spiro atoms. The number of hydrogen-bond acceptors (Lipinski definition) is 4.